The number of anilines is 1. The van der Waals surface area contributed by atoms with Crippen molar-refractivity contribution in [1.82, 2.24) is 9.97 Å². The van der Waals surface area contributed by atoms with Crippen LogP contribution in [0.2, 0.25) is 0 Å². The number of nitrogens with two attached hydrogens (primary N) is 1. The lowest BCUT2D eigenvalue weighted by Gasteiger charge is -2.01. The Morgan fingerprint density at radius 2 is 2.32 bits per heavy atom. The number of ether oxygens (including phenoxy) is 1. The molecule has 1 aromatic carbocycles. The Labute approximate surface area is 113 Å². The van der Waals surface area contributed by atoms with E-state index in [1.54, 1.807) is 6.07 Å². The summed E-state index contributed by atoms with van der Waals surface area (Å²) in [6.45, 7) is 0. The molecule has 3 rings (SSSR count). The Balaban J connectivity index is 2.22. The minimum Gasteiger partial charge on any atom is -0.465 e. The van der Waals surface area contributed by atoms with Crippen molar-refractivity contribution in [2.24, 2.45) is 0 Å². The van der Waals surface area contributed by atoms with Crippen LogP contribution >= 0.6 is 11.3 Å². The smallest absolute Gasteiger partial charge is 0.339 e. The van der Waals surface area contributed by atoms with Crippen molar-refractivity contribution >= 4 is 33.3 Å². The molecular weight excluding hydrogens is 262 g/mol. The van der Waals surface area contributed by atoms with Crippen LogP contribution in [-0.4, -0.2) is 23.0 Å². The standard InChI is InChI=1S/C13H11N3O2S/c1-18-12(17)8-4-2-3-7-9(5-15-11(7)8)10-6-19-13(14)16-10/h2-6,15H,1H3,(H2,14,16). The monoisotopic (exact) mass is 273 g/mol. The predicted octanol–water partition coefficient (Wildman–Crippen LogP) is 2.66. The van der Waals surface area contributed by atoms with E-state index in [0.29, 0.717) is 10.7 Å². The number of aromatic amines is 1. The van der Waals surface area contributed by atoms with Gasteiger partial charge < -0.3 is 15.5 Å². The van der Waals surface area contributed by atoms with E-state index in [1.165, 1.54) is 18.4 Å². The van der Waals surface area contributed by atoms with Gasteiger partial charge in [-0.2, -0.15) is 0 Å². The Morgan fingerprint density at radius 3 is 3.00 bits per heavy atom. The first-order valence-electron chi connectivity index (χ1n) is 5.60. The summed E-state index contributed by atoms with van der Waals surface area (Å²) in [6.07, 6.45) is 1.82. The molecule has 0 spiro atoms. The number of nitrogen functional groups attached to an aromatic ring is 1. The number of fused-ring (bicyclic) bond motifs is 1. The van der Waals surface area contributed by atoms with Gasteiger partial charge in [-0.3, -0.25) is 0 Å². The summed E-state index contributed by atoms with van der Waals surface area (Å²) in [5.74, 6) is -0.364. The molecule has 2 heterocycles. The number of H-pyrrole nitrogens is 1. The van der Waals surface area contributed by atoms with Crippen LogP contribution in [-0.2, 0) is 4.74 Å². The minimum absolute atomic E-state index is 0.364. The minimum atomic E-state index is -0.364. The first kappa shape index (κ1) is 11.7. The van der Waals surface area contributed by atoms with Gasteiger partial charge in [0.05, 0.1) is 23.9 Å². The van der Waals surface area contributed by atoms with Gasteiger partial charge in [-0.1, -0.05) is 12.1 Å². The molecule has 19 heavy (non-hydrogen) atoms. The number of hydrogen-bond donors (Lipinski definition) is 2. The average Bonchev–Trinajstić information content (AvgIpc) is 3.03. The molecule has 2 aromatic heterocycles. The predicted molar refractivity (Wildman–Crippen MR) is 75.2 cm³/mol. The fourth-order valence-electron chi connectivity index (χ4n) is 2.06. The Bertz CT molecular complexity index is 760. The molecule has 0 amide bonds. The molecule has 0 aliphatic rings. The quantitative estimate of drug-likeness (QED) is 0.703. The van der Waals surface area contributed by atoms with Gasteiger partial charge in [0.15, 0.2) is 5.13 Å². The van der Waals surface area contributed by atoms with E-state index in [2.05, 4.69) is 9.97 Å². The van der Waals surface area contributed by atoms with Crippen LogP contribution in [0.25, 0.3) is 22.2 Å². The highest BCUT2D eigenvalue weighted by Crippen LogP contribution is 2.31. The molecule has 6 heteroatoms. The number of aromatic nitrogens is 2. The maximum Gasteiger partial charge on any atom is 0.339 e. The van der Waals surface area contributed by atoms with Crippen LogP contribution in [0.3, 0.4) is 0 Å². The molecule has 0 radical (unpaired) electrons. The number of benzene rings is 1. The Morgan fingerprint density at radius 1 is 1.47 bits per heavy atom. The number of para-hydroxylation sites is 1. The van der Waals surface area contributed by atoms with Crippen LogP contribution in [0.4, 0.5) is 5.13 Å². The Kier molecular flexibility index (Phi) is 2.72. The van der Waals surface area contributed by atoms with E-state index in [-0.39, 0.29) is 5.97 Å². The SMILES string of the molecule is COC(=O)c1cccc2c(-c3csc(N)n3)c[nH]c12. The molecule has 0 bridgehead atoms. The third-order valence-corrected chi connectivity index (χ3v) is 3.59. The molecular formula is C13H11N3O2S. The lowest BCUT2D eigenvalue weighted by molar-refractivity contribution is 0.0603. The van der Waals surface area contributed by atoms with E-state index in [1.807, 2.05) is 23.7 Å². The van der Waals surface area contributed by atoms with Crippen molar-refractivity contribution in [3.63, 3.8) is 0 Å². The van der Waals surface area contributed by atoms with Gasteiger partial charge in [-0.15, -0.1) is 11.3 Å². The second-order valence-electron chi connectivity index (χ2n) is 3.99. The van der Waals surface area contributed by atoms with Crippen LogP contribution in [0.15, 0.2) is 29.8 Å². The molecule has 0 fully saturated rings. The number of nitrogens with one attached hydrogen (secondary N) is 1. The van der Waals surface area contributed by atoms with Crippen molar-refractivity contribution in [1.29, 1.82) is 0 Å². The van der Waals surface area contributed by atoms with Crippen LogP contribution in [0.1, 0.15) is 10.4 Å². The first-order chi connectivity index (χ1) is 9.20. The number of rotatable bonds is 2. The summed E-state index contributed by atoms with van der Waals surface area (Å²) in [5, 5.41) is 3.34. The topological polar surface area (TPSA) is 81.0 Å². The van der Waals surface area contributed by atoms with Gasteiger partial charge in [0, 0.05) is 22.5 Å². The zero-order valence-corrected chi connectivity index (χ0v) is 11.0. The van der Waals surface area contributed by atoms with Crippen molar-refractivity contribution in [3.05, 3.63) is 35.3 Å². The highest BCUT2D eigenvalue weighted by Gasteiger charge is 2.15. The summed E-state index contributed by atoms with van der Waals surface area (Å²) >= 11 is 1.39. The molecule has 0 atom stereocenters. The van der Waals surface area contributed by atoms with Crippen LogP contribution < -0.4 is 5.73 Å². The molecule has 0 aliphatic carbocycles. The fourth-order valence-corrected chi connectivity index (χ4v) is 2.62. The number of methoxy groups -OCH3 is 1. The molecule has 3 N–H and O–H groups in total. The first-order valence-corrected chi connectivity index (χ1v) is 6.48. The van der Waals surface area contributed by atoms with Gasteiger partial charge in [0.1, 0.15) is 0 Å². The number of nitrogens with zero attached hydrogens (tertiary/aromatic N) is 1. The normalized spacial score (nSPS) is 10.8. The fraction of sp³-hybridized carbons (Fsp3) is 0.0769. The second kappa shape index (κ2) is 4.40. The summed E-state index contributed by atoms with van der Waals surface area (Å²) < 4.78 is 4.77. The second-order valence-corrected chi connectivity index (χ2v) is 4.88. The van der Waals surface area contributed by atoms with E-state index >= 15 is 0 Å². The largest absolute Gasteiger partial charge is 0.465 e. The summed E-state index contributed by atoms with van der Waals surface area (Å²) in [4.78, 5) is 19.1. The van der Waals surface area contributed by atoms with Gasteiger partial charge in [0.2, 0.25) is 0 Å². The molecule has 3 aromatic rings. The molecule has 0 unspecified atom stereocenters. The molecule has 0 aliphatic heterocycles. The highest BCUT2D eigenvalue weighted by molar-refractivity contribution is 7.13. The van der Waals surface area contributed by atoms with Gasteiger partial charge in [-0.05, 0) is 6.07 Å². The third kappa shape index (κ3) is 1.86. The van der Waals surface area contributed by atoms with Crippen molar-refractivity contribution < 1.29 is 9.53 Å². The van der Waals surface area contributed by atoms with Gasteiger partial charge in [-0.25, -0.2) is 9.78 Å². The summed E-state index contributed by atoms with van der Waals surface area (Å²) in [6, 6.07) is 5.48. The van der Waals surface area contributed by atoms with Crippen molar-refractivity contribution in [3.8, 4) is 11.3 Å². The number of hydrogen-bond acceptors (Lipinski definition) is 5. The number of carbonyl (C=O) groups is 1. The van der Waals surface area contributed by atoms with Crippen LogP contribution in [0, 0.1) is 0 Å². The van der Waals surface area contributed by atoms with Gasteiger partial charge >= 0.3 is 5.97 Å². The molecule has 5 nitrogen and oxygen atoms in total. The molecule has 0 saturated carbocycles. The van der Waals surface area contributed by atoms with Crippen molar-refractivity contribution in [2.75, 3.05) is 12.8 Å². The number of thiazole rings is 1. The van der Waals surface area contributed by atoms with E-state index < -0.39 is 0 Å². The van der Waals surface area contributed by atoms with Crippen LogP contribution in [0.5, 0.6) is 0 Å². The van der Waals surface area contributed by atoms with Crippen molar-refractivity contribution in [2.45, 2.75) is 0 Å². The van der Waals surface area contributed by atoms with E-state index in [4.69, 9.17) is 10.5 Å². The zero-order chi connectivity index (χ0) is 13.4. The highest BCUT2D eigenvalue weighted by atomic mass is 32.1. The lowest BCUT2D eigenvalue weighted by atomic mass is 10.1. The third-order valence-electron chi connectivity index (χ3n) is 2.92. The molecule has 0 saturated heterocycles. The van der Waals surface area contributed by atoms with Gasteiger partial charge in [0.25, 0.3) is 0 Å². The van der Waals surface area contributed by atoms with E-state index in [0.717, 1.165) is 22.2 Å². The lowest BCUT2D eigenvalue weighted by Crippen LogP contribution is -2.01. The number of esters is 1. The number of carbonyl (C=O) groups excluding carboxylic acids is 1. The maximum atomic E-state index is 11.7. The summed E-state index contributed by atoms with van der Waals surface area (Å²) in [7, 11) is 1.37. The zero-order valence-electron chi connectivity index (χ0n) is 10.1. The van der Waals surface area contributed by atoms with E-state index in [9.17, 15) is 4.79 Å². The maximum absolute atomic E-state index is 11.7. The average molecular weight is 273 g/mol. The Hall–Kier alpha value is -2.34. The molecule has 96 valence electrons. The summed E-state index contributed by atoms with van der Waals surface area (Å²) in [5.41, 5.74) is 8.63.